The second-order valence-electron chi connectivity index (χ2n) is 9.06. The average molecular weight is 544 g/mol. The smallest absolute Gasteiger partial charge is 0.301 e. The number of pyridine rings is 1. The van der Waals surface area contributed by atoms with Gasteiger partial charge in [-0.2, -0.15) is 0 Å². The molecule has 1 N–H and O–H groups in total. The number of carbonyl (C=O) groups excluding carboxylic acids is 2. The molecule has 1 amide bonds. The first-order valence-electron chi connectivity index (χ1n) is 13.0. The number of Topliss-reactive ketones (excluding diaryl/α,β-unsaturated/α-hetero) is 1. The molecule has 2 aromatic carbocycles. The van der Waals surface area contributed by atoms with Crippen molar-refractivity contribution in [2.75, 3.05) is 18.1 Å². The summed E-state index contributed by atoms with van der Waals surface area (Å²) in [5.74, 6) is -0.472. The zero-order valence-corrected chi connectivity index (χ0v) is 22.6. The van der Waals surface area contributed by atoms with E-state index in [-0.39, 0.29) is 11.3 Å². The molecule has 1 fully saturated rings. The molecule has 0 aliphatic carbocycles. The number of hydrogen-bond donors (Lipinski definition) is 1. The van der Waals surface area contributed by atoms with Crippen LogP contribution in [0.25, 0.3) is 16.0 Å². The van der Waals surface area contributed by atoms with Gasteiger partial charge in [-0.1, -0.05) is 37.2 Å². The van der Waals surface area contributed by atoms with Crippen LogP contribution in [0.3, 0.4) is 0 Å². The zero-order valence-electron chi connectivity index (χ0n) is 21.8. The Hall–Kier alpha value is -4.24. The molecule has 4 aromatic rings. The molecule has 39 heavy (non-hydrogen) atoms. The molecule has 1 saturated heterocycles. The number of unbranched alkanes of at least 4 members (excludes halogenated alkanes) is 2. The first kappa shape index (κ1) is 26.4. The molecule has 2 aromatic heterocycles. The van der Waals surface area contributed by atoms with Crippen molar-refractivity contribution in [1.82, 2.24) is 9.97 Å². The van der Waals surface area contributed by atoms with Gasteiger partial charge in [0.1, 0.15) is 23.3 Å². The summed E-state index contributed by atoms with van der Waals surface area (Å²) >= 11 is 1.27. The number of benzene rings is 2. The lowest BCUT2D eigenvalue weighted by Gasteiger charge is -2.21. The number of hydrogen-bond acceptors (Lipinski definition) is 8. The molecule has 0 spiro atoms. The third-order valence-corrected chi connectivity index (χ3v) is 7.44. The van der Waals surface area contributed by atoms with Crippen molar-refractivity contribution in [1.29, 1.82) is 0 Å². The fourth-order valence-corrected chi connectivity index (χ4v) is 5.53. The molecular formula is C30H29N3O5S. The van der Waals surface area contributed by atoms with E-state index in [4.69, 9.17) is 9.47 Å². The second-order valence-corrected chi connectivity index (χ2v) is 10.1. The number of ketones is 1. The van der Waals surface area contributed by atoms with E-state index >= 15 is 0 Å². The number of carbonyl (C=O) groups is 2. The maximum absolute atomic E-state index is 13.4. The number of aliphatic hydroxyl groups is 1. The molecule has 1 atom stereocenters. The maximum atomic E-state index is 13.4. The molecule has 0 bridgehead atoms. The number of aromatic nitrogens is 2. The largest absolute Gasteiger partial charge is 0.507 e. The highest BCUT2D eigenvalue weighted by Gasteiger charge is 2.48. The monoisotopic (exact) mass is 543 g/mol. The van der Waals surface area contributed by atoms with Gasteiger partial charge in [-0.15, -0.1) is 0 Å². The summed E-state index contributed by atoms with van der Waals surface area (Å²) in [6, 6.07) is 16.7. The number of nitrogens with zero attached hydrogens (tertiary/aromatic N) is 3. The lowest BCUT2D eigenvalue weighted by molar-refractivity contribution is -0.132. The van der Waals surface area contributed by atoms with Crippen LogP contribution in [0.2, 0.25) is 0 Å². The van der Waals surface area contributed by atoms with Crippen LogP contribution in [0.1, 0.15) is 50.4 Å². The summed E-state index contributed by atoms with van der Waals surface area (Å²) in [4.78, 5) is 37.2. The van der Waals surface area contributed by atoms with E-state index in [0.29, 0.717) is 46.6 Å². The summed E-state index contributed by atoms with van der Waals surface area (Å²) in [6.07, 6.45) is 4.75. The maximum Gasteiger partial charge on any atom is 0.301 e. The van der Waals surface area contributed by atoms with Gasteiger partial charge in [0.2, 0.25) is 0 Å². The number of anilines is 1. The van der Waals surface area contributed by atoms with E-state index in [1.165, 1.54) is 16.2 Å². The number of aliphatic hydroxyl groups excluding tert-OH is 1. The Labute approximate surface area is 230 Å². The fourth-order valence-electron chi connectivity index (χ4n) is 4.51. The van der Waals surface area contributed by atoms with E-state index in [1.807, 2.05) is 25.1 Å². The molecular weight excluding hydrogens is 514 g/mol. The molecule has 3 heterocycles. The van der Waals surface area contributed by atoms with Crippen LogP contribution in [0.4, 0.5) is 5.13 Å². The van der Waals surface area contributed by atoms with Gasteiger partial charge in [0, 0.05) is 11.8 Å². The van der Waals surface area contributed by atoms with Crippen LogP contribution in [0.5, 0.6) is 11.5 Å². The van der Waals surface area contributed by atoms with Crippen molar-refractivity contribution in [3.63, 3.8) is 0 Å². The SMILES string of the molecule is CCCCCOc1ccc(/C(O)=C2\C(=O)C(=O)N(c3nc4ccc(OCC)cc4s3)C2c2ccccn2)cc1. The van der Waals surface area contributed by atoms with E-state index in [9.17, 15) is 14.7 Å². The lowest BCUT2D eigenvalue weighted by atomic mass is 9.98. The van der Waals surface area contributed by atoms with Gasteiger partial charge in [0.15, 0.2) is 5.13 Å². The summed E-state index contributed by atoms with van der Waals surface area (Å²) in [5, 5.41) is 11.7. The predicted octanol–water partition coefficient (Wildman–Crippen LogP) is 6.29. The van der Waals surface area contributed by atoms with Crippen molar-refractivity contribution < 1.29 is 24.2 Å². The topological polar surface area (TPSA) is 102 Å². The minimum absolute atomic E-state index is 0.0374. The first-order valence-corrected chi connectivity index (χ1v) is 13.8. The van der Waals surface area contributed by atoms with Gasteiger partial charge in [0.25, 0.3) is 5.78 Å². The van der Waals surface area contributed by atoms with Crippen molar-refractivity contribution in [2.45, 2.75) is 39.2 Å². The van der Waals surface area contributed by atoms with Crippen LogP contribution in [0, 0.1) is 0 Å². The van der Waals surface area contributed by atoms with Crippen LogP contribution in [-0.2, 0) is 9.59 Å². The van der Waals surface area contributed by atoms with E-state index in [0.717, 1.165) is 24.0 Å². The minimum Gasteiger partial charge on any atom is -0.507 e. The molecule has 5 rings (SSSR count). The van der Waals surface area contributed by atoms with Crippen molar-refractivity contribution in [3.05, 3.63) is 83.7 Å². The van der Waals surface area contributed by atoms with Gasteiger partial charge in [-0.25, -0.2) is 4.98 Å². The number of thiazole rings is 1. The molecule has 0 radical (unpaired) electrons. The van der Waals surface area contributed by atoms with E-state index in [1.54, 1.807) is 48.7 Å². The molecule has 9 heteroatoms. The van der Waals surface area contributed by atoms with Gasteiger partial charge >= 0.3 is 5.91 Å². The van der Waals surface area contributed by atoms with Crippen molar-refractivity contribution in [3.8, 4) is 11.5 Å². The number of rotatable bonds is 10. The van der Waals surface area contributed by atoms with Crippen molar-refractivity contribution in [2.24, 2.45) is 0 Å². The highest BCUT2D eigenvalue weighted by molar-refractivity contribution is 7.22. The Balaban J connectivity index is 1.54. The van der Waals surface area contributed by atoms with Crippen LogP contribution < -0.4 is 14.4 Å². The Kier molecular flexibility index (Phi) is 7.88. The molecule has 8 nitrogen and oxygen atoms in total. The second kappa shape index (κ2) is 11.7. The van der Waals surface area contributed by atoms with Gasteiger partial charge in [0.05, 0.1) is 34.7 Å². The van der Waals surface area contributed by atoms with Gasteiger partial charge in [-0.05, 0) is 67.9 Å². The predicted molar refractivity (Wildman–Crippen MR) is 151 cm³/mol. The summed E-state index contributed by atoms with van der Waals surface area (Å²) in [7, 11) is 0. The van der Waals surface area contributed by atoms with Crippen LogP contribution in [-0.4, -0.2) is 40.0 Å². The lowest BCUT2D eigenvalue weighted by Crippen LogP contribution is -2.29. The van der Waals surface area contributed by atoms with Crippen LogP contribution in [0.15, 0.2) is 72.4 Å². The number of ether oxygens (including phenoxy) is 2. The highest BCUT2D eigenvalue weighted by Crippen LogP contribution is 2.44. The summed E-state index contributed by atoms with van der Waals surface area (Å²) in [5.41, 5.74) is 1.49. The van der Waals surface area contributed by atoms with Crippen molar-refractivity contribution >= 4 is 44.1 Å². The Bertz CT molecular complexity index is 1510. The Morgan fingerprint density at radius 1 is 1.00 bits per heavy atom. The molecule has 1 aliphatic rings. The van der Waals surface area contributed by atoms with Gasteiger partial charge < -0.3 is 14.6 Å². The normalized spacial score (nSPS) is 16.7. The van der Waals surface area contributed by atoms with Crippen LogP contribution >= 0.6 is 11.3 Å². The first-order chi connectivity index (χ1) is 19.0. The standard InChI is InChI=1S/C30H29N3O5S/c1-3-5-8-17-38-20-12-10-19(11-13-20)27(34)25-26(23-9-6-7-16-31-23)33(29(36)28(25)35)30-32-22-15-14-21(37-4-2)18-24(22)39-30/h6-7,9-16,18,26,34H,3-5,8,17H2,1-2H3/b27-25+. The van der Waals surface area contributed by atoms with Gasteiger partial charge in [-0.3, -0.25) is 19.5 Å². The van der Waals surface area contributed by atoms with E-state index < -0.39 is 17.7 Å². The third kappa shape index (κ3) is 5.35. The molecule has 1 unspecified atom stereocenters. The summed E-state index contributed by atoms with van der Waals surface area (Å²) in [6.45, 7) is 5.17. The Morgan fingerprint density at radius 3 is 2.51 bits per heavy atom. The van der Waals surface area contributed by atoms with E-state index in [2.05, 4.69) is 16.9 Å². The quantitative estimate of drug-likeness (QED) is 0.109. The Morgan fingerprint density at radius 2 is 1.79 bits per heavy atom. The zero-order chi connectivity index (χ0) is 27.4. The molecule has 200 valence electrons. The molecule has 0 saturated carbocycles. The fraction of sp³-hybridized carbons (Fsp3) is 0.267. The molecule has 1 aliphatic heterocycles. The number of amides is 1. The summed E-state index contributed by atoms with van der Waals surface area (Å²) < 4.78 is 12.2. The third-order valence-electron chi connectivity index (χ3n) is 6.42. The highest BCUT2D eigenvalue weighted by atomic mass is 32.1. The minimum atomic E-state index is -0.942. The number of fused-ring (bicyclic) bond motifs is 1. The average Bonchev–Trinajstić information content (AvgIpc) is 3.49.